The van der Waals surface area contributed by atoms with Gasteiger partial charge in [0.1, 0.15) is 18.4 Å². The number of hydrogen-bond acceptors (Lipinski definition) is 4. The van der Waals surface area contributed by atoms with Gasteiger partial charge in [0.25, 0.3) is 0 Å². The Morgan fingerprint density at radius 2 is 2.08 bits per heavy atom. The van der Waals surface area contributed by atoms with Gasteiger partial charge in [0, 0.05) is 13.1 Å². The summed E-state index contributed by atoms with van der Waals surface area (Å²) in [6.45, 7) is 8.23. The Morgan fingerprint density at radius 3 is 2.80 bits per heavy atom. The van der Waals surface area contributed by atoms with E-state index in [1.54, 1.807) is 6.07 Å². The molecule has 25 heavy (non-hydrogen) atoms. The summed E-state index contributed by atoms with van der Waals surface area (Å²) < 4.78 is 5.82. The van der Waals surface area contributed by atoms with Crippen molar-refractivity contribution in [1.82, 2.24) is 15.5 Å². The van der Waals surface area contributed by atoms with Crippen molar-refractivity contribution in [3.05, 3.63) is 24.3 Å². The standard InChI is InChI=1S/C18H28N4O3/c1-3-22(4-2)12-13-25-16-10-6-5-8-14(16)20-18(24)21-15-9-7-11-19-17(15)23/h5-6,8,10,15H,3-4,7,9,11-13H2,1-2H3,(H,19,23)(H2,20,21,24)/t15-/m1/s1. The second-order valence-electron chi connectivity index (χ2n) is 5.96. The Labute approximate surface area is 149 Å². The van der Waals surface area contributed by atoms with Crippen LogP contribution in [0, 0.1) is 0 Å². The van der Waals surface area contributed by atoms with Gasteiger partial charge in [-0.2, -0.15) is 0 Å². The number of hydrogen-bond donors (Lipinski definition) is 3. The van der Waals surface area contributed by atoms with Crippen LogP contribution in [0.5, 0.6) is 5.75 Å². The normalized spacial score (nSPS) is 17.1. The Hall–Kier alpha value is -2.28. The van der Waals surface area contributed by atoms with Gasteiger partial charge in [-0.3, -0.25) is 4.79 Å². The molecule has 0 aliphatic carbocycles. The summed E-state index contributed by atoms with van der Waals surface area (Å²) in [6, 6.07) is 6.43. The van der Waals surface area contributed by atoms with Crippen LogP contribution >= 0.6 is 0 Å². The molecule has 138 valence electrons. The first-order valence-electron chi connectivity index (χ1n) is 8.93. The number of urea groups is 1. The third-order valence-corrected chi connectivity index (χ3v) is 4.29. The average Bonchev–Trinajstić information content (AvgIpc) is 2.62. The van der Waals surface area contributed by atoms with Crippen LogP contribution in [0.2, 0.25) is 0 Å². The van der Waals surface area contributed by atoms with Crippen LogP contribution in [0.1, 0.15) is 26.7 Å². The number of para-hydroxylation sites is 2. The molecule has 1 aromatic rings. The van der Waals surface area contributed by atoms with Gasteiger partial charge in [-0.05, 0) is 38.1 Å². The molecule has 0 bridgehead atoms. The van der Waals surface area contributed by atoms with E-state index >= 15 is 0 Å². The average molecular weight is 348 g/mol. The highest BCUT2D eigenvalue weighted by atomic mass is 16.5. The van der Waals surface area contributed by atoms with Crippen molar-refractivity contribution in [2.24, 2.45) is 0 Å². The number of carbonyl (C=O) groups is 2. The van der Waals surface area contributed by atoms with Crippen molar-refractivity contribution in [2.45, 2.75) is 32.7 Å². The molecule has 7 nitrogen and oxygen atoms in total. The number of ether oxygens (including phenoxy) is 1. The maximum absolute atomic E-state index is 12.2. The summed E-state index contributed by atoms with van der Waals surface area (Å²) >= 11 is 0. The second-order valence-corrected chi connectivity index (χ2v) is 5.96. The zero-order valence-corrected chi connectivity index (χ0v) is 15.0. The van der Waals surface area contributed by atoms with Gasteiger partial charge >= 0.3 is 6.03 Å². The highest BCUT2D eigenvalue weighted by Gasteiger charge is 2.23. The summed E-state index contributed by atoms with van der Waals surface area (Å²) in [6.07, 6.45) is 1.52. The van der Waals surface area contributed by atoms with E-state index in [0.717, 1.165) is 26.1 Å². The fourth-order valence-electron chi connectivity index (χ4n) is 2.75. The number of nitrogens with zero attached hydrogens (tertiary/aromatic N) is 1. The van der Waals surface area contributed by atoms with Gasteiger partial charge in [-0.1, -0.05) is 26.0 Å². The van der Waals surface area contributed by atoms with E-state index in [-0.39, 0.29) is 5.91 Å². The van der Waals surface area contributed by atoms with Crippen LogP contribution in [0.4, 0.5) is 10.5 Å². The van der Waals surface area contributed by atoms with Gasteiger partial charge in [0.05, 0.1) is 5.69 Å². The zero-order chi connectivity index (χ0) is 18.1. The molecule has 1 fully saturated rings. The minimum atomic E-state index is -0.482. The quantitative estimate of drug-likeness (QED) is 0.669. The van der Waals surface area contributed by atoms with Crippen molar-refractivity contribution in [2.75, 3.05) is 38.1 Å². The summed E-state index contributed by atoms with van der Waals surface area (Å²) in [5, 5.41) is 8.24. The summed E-state index contributed by atoms with van der Waals surface area (Å²) in [4.78, 5) is 26.2. The number of benzene rings is 1. The maximum atomic E-state index is 12.2. The lowest BCUT2D eigenvalue weighted by Crippen LogP contribution is -2.51. The van der Waals surface area contributed by atoms with Gasteiger partial charge < -0.3 is 25.6 Å². The zero-order valence-electron chi connectivity index (χ0n) is 15.0. The lowest BCUT2D eigenvalue weighted by molar-refractivity contribution is -0.124. The molecule has 1 aliphatic heterocycles. The second kappa shape index (κ2) is 9.88. The molecule has 2 rings (SSSR count). The van der Waals surface area contributed by atoms with E-state index in [1.165, 1.54) is 0 Å². The summed E-state index contributed by atoms with van der Waals surface area (Å²) in [5.41, 5.74) is 0.593. The topological polar surface area (TPSA) is 82.7 Å². The third-order valence-electron chi connectivity index (χ3n) is 4.29. The van der Waals surface area contributed by atoms with E-state index in [4.69, 9.17) is 4.74 Å². The van der Waals surface area contributed by atoms with Crippen LogP contribution in [-0.4, -0.2) is 55.7 Å². The predicted molar refractivity (Wildman–Crippen MR) is 97.9 cm³/mol. The number of anilines is 1. The molecule has 0 spiro atoms. The van der Waals surface area contributed by atoms with Crippen LogP contribution in [0.15, 0.2) is 24.3 Å². The fraction of sp³-hybridized carbons (Fsp3) is 0.556. The lowest BCUT2D eigenvalue weighted by atomic mass is 10.1. The number of likely N-dealkylation sites (N-methyl/N-ethyl adjacent to an activating group) is 1. The Morgan fingerprint density at radius 1 is 1.32 bits per heavy atom. The number of carbonyl (C=O) groups excluding carboxylic acids is 2. The van der Waals surface area contributed by atoms with Crippen molar-refractivity contribution in [3.8, 4) is 5.75 Å². The first-order chi connectivity index (χ1) is 12.1. The highest BCUT2D eigenvalue weighted by Crippen LogP contribution is 2.23. The van der Waals surface area contributed by atoms with Gasteiger partial charge in [0.2, 0.25) is 5.91 Å². The monoisotopic (exact) mass is 348 g/mol. The largest absolute Gasteiger partial charge is 0.490 e. The van der Waals surface area contributed by atoms with Gasteiger partial charge in [-0.25, -0.2) is 4.79 Å². The van der Waals surface area contributed by atoms with Crippen LogP contribution in [0.3, 0.4) is 0 Å². The van der Waals surface area contributed by atoms with Crippen LogP contribution < -0.4 is 20.7 Å². The first-order valence-corrected chi connectivity index (χ1v) is 8.93. The van der Waals surface area contributed by atoms with Crippen molar-refractivity contribution in [3.63, 3.8) is 0 Å². The Kier molecular flexibility index (Phi) is 7.53. The molecular weight excluding hydrogens is 320 g/mol. The molecule has 7 heteroatoms. The van der Waals surface area contributed by atoms with Crippen LogP contribution in [-0.2, 0) is 4.79 Å². The van der Waals surface area contributed by atoms with E-state index < -0.39 is 12.1 Å². The van der Waals surface area contributed by atoms with Crippen LogP contribution in [0.25, 0.3) is 0 Å². The third kappa shape index (κ3) is 5.94. The lowest BCUT2D eigenvalue weighted by Gasteiger charge is -2.23. The summed E-state index contributed by atoms with van der Waals surface area (Å²) in [5.74, 6) is 0.489. The molecule has 0 aromatic heterocycles. The van der Waals surface area contributed by atoms with E-state index in [2.05, 4.69) is 34.7 Å². The predicted octanol–water partition coefficient (Wildman–Crippen LogP) is 1.81. The number of nitrogens with one attached hydrogen (secondary N) is 3. The van der Waals surface area contributed by atoms with Crippen molar-refractivity contribution in [1.29, 1.82) is 0 Å². The molecule has 1 aromatic carbocycles. The SMILES string of the molecule is CCN(CC)CCOc1ccccc1NC(=O)N[C@@H]1CCCNC1=O. The van der Waals surface area contributed by atoms with Crippen molar-refractivity contribution < 1.29 is 14.3 Å². The first kappa shape index (κ1) is 19.1. The molecule has 0 saturated carbocycles. The fourth-order valence-corrected chi connectivity index (χ4v) is 2.75. The van der Waals surface area contributed by atoms with E-state index in [1.807, 2.05) is 18.2 Å². The number of piperidine rings is 1. The molecule has 1 atom stereocenters. The molecule has 3 N–H and O–H groups in total. The molecule has 0 radical (unpaired) electrons. The molecule has 1 aliphatic rings. The van der Waals surface area contributed by atoms with E-state index in [9.17, 15) is 9.59 Å². The van der Waals surface area contributed by atoms with E-state index in [0.29, 0.717) is 31.0 Å². The van der Waals surface area contributed by atoms with Crippen molar-refractivity contribution >= 4 is 17.6 Å². The minimum absolute atomic E-state index is 0.134. The van der Waals surface area contributed by atoms with Gasteiger partial charge in [-0.15, -0.1) is 0 Å². The van der Waals surface area contributed by atoms with Gasteiger partial charge in [0.15, 0.2) is 0 Å². The smallest absolute Gasteiger partial charge is 0.319 e. The Bertz CT molecular complexity index is 575. The number of amides is 3. The maximum Gasteiger partial charge on any atom is 0.319 e. The Balaban J connectivity index is 1.88. The molecule has 1 saturated heterocycles. The number of rotatable bonds is 8. The molecular formula is C18H28N4O3. The molecule has 0 unspecified atom stereocenters. The summed E-state index contributed by atoms with van der Waals surface area (Å²) in [7, 11) is 0. The minimum Gasteiger partial charge on any atom is -0.490 e. The molecule has 1 heterocycles. The molecule has 3 amide bonds. The highest BCUT2D eigenvalue weighted by molar-refractivity contribution is 5.94.